The molecule has 28 heavy (non-hydrogen) atoms. The Kier molecular flexibility index (Phi) is 5.24. The number of hydrogen-bond donors (Lipinski definition) is 1. The van der Waals surface area contributed by atoms with Crippen molar-refractivity contribution in [1.29, 1.82) is 0 Å². The Hall–Kier alpha value is -1.31. The summed E-state index contributed by atoms with van der Waals surface area (Å²) in [5.41, 5.74) is 3.92. The average Bonchev–Trinajstić information content (AvgIpc) is 3.45. The van der Waals surface area contributed by atoms with Crippen molar-refractivity contribution in [3.8, 4) is 0 Å². The lowest BCUT2D eigenvalue weighted by molar-refractivity contribution is -0.109. The highest BCUT2D eigenvalue weighted by atomic mass is 32.1. The number of fused-ring (bicyclic) bond motifs is 1. The first-order valence-electron chi connectivity index (χ1n) is 10.3. The molecule has 5 heterocycles. The van der Waals surface area contributed by atoms with Gasteiger partial charge in [-0.1, -0.05) is 6.07 Å². The number of aromatic nitrogens is 1. The van der Waals surface area contributed by atoms with E-state index in [4.69, 9.17) is 19.2 Å². The summed E-state index contributed by atoms with van der Waals surface area (Å²) < 4.78 is 17.5. The molecule has 5 rings (SSSR count). The number of nitrogens with one attached hydrogen (secondary N) is 1. The first-order chi connectivity index (χ1) is 13.8. The molecule has 5 nitrogen and oxygen atoms in total. The molecule has 2 fully saturated rings. The Labute approximate surface area is 170 Å². The van der Waals surface area contributed by atoms with Crippen molar-refractivity contribution in [1.82, 2.24) is 10.3 Å². The standard InChI is InChI=1S/C22H28N2O3S/c1-2-7-24-20(3-1)21(5-10-27-22(15-21)6-9-25-16-22)4-8-23-11-19-18-13-26-12-17(18)14-28-19/h1-3,7,14,23H,4-6,8-13,15-16H2/t21-,22?/m1/s1. The van der Waals surface area contributed by atoms with E-state index in [1.54, 1.807) is 0 Å². The van der Waals surface area contributed by atoms with Gasteiger partial charge < -0.3 is 19.5 Å². The molecule has 150 valence electrons. The minimum Gasteiger partial charge on any atom is -0.378 e. The lowest BCUT2D eigenvalue weighted by Gasteiger charge is -2.45. The number of ether oxygens (including phenoxy) is 3. The summed E-state index contributed by atoms with van der Waals surface area (Å²) in [6.45, 7) is 5.76. The molecule has 0 aromatic carbocycles. The van der Waals surface area contributed by atoms with E-state index in [0.717, 1.165) is 71.8 Å². The fourth-order valence-corrected chi connectivity index (χ4v) is 6.01. The molecule has 1 unspecified atom stereocenters. The summed E-state index contributed by atoms with van der Waals surface area (Å²) in [5, 5.41) is 5.94. The van der Waals surface area contributed by atoms with Crippen molar-refractivity contribution >= 4 is 11.3 Å². The van der Waals surface area contributed by atoms with Crippen LogP contribution < -0.4 is 5.32 Å². The zero-order valence-corrected chi connectivity index (χ0v) is 17.1. The summed E-state index contributed by atoms with van der Waals surface area (Å²) in [7, 11) is 0. The van der Waals surface area contributed by atoms with Crippen LogP contribution in [0.15, 0.2) is 29.8 Å². The van der Waals surface area contributed by atoms with Crippen molar-refractivity contribution in [2.45, 2.75) is 56.5 Å². The maximum atomic E-state index is 6.23. The molecule has 6 heteroatoms. The van der Waals surface area contributed by atoms with Crippen molar-refractivity contribution in [3.63, 3.8) is 0 Å². The molecular weight excluding hydrogens is 372 g/mol. The second kappa shape index (κ2) is 7.84. The number of hydrogen-bond acceptors (Lipinski definition) is 6. The maximum absolute atomic E-state index is 6.23. The normalized spacial score (nSPS) is 29.4. The van der Waals surface area contributed by atoms with Crippen LogP contribution in [0, 0.1) is 0 Å². The van der Waals surface area contributed by atoms with E-state index in [1.165, 1.54) is 21.7 Å². The lowest BCUT2D eigenvalue weighted by atomic mass is 9.68. The largest absolute Gasteiger partial charge is 0.378 e. The van der Waals surface area contributed by atoms with Crippen LogP contribution in [0.4, 0.5) is 0 Å². The van der Waals surface area contributed by atoms with E-state index in [2.05, 4.69) is 22.8 Å². The minimum atomic E-state index is -0.123. The quantitative estimate of drug-likeness (QED) is 0.752. The van der Waals surface area contributed by atoms with Gasteiger partial charge >= 0.3 is 0 Å². The molecule has 1 N–H and O–H groups in total. The Morgan fingerprint density at radius 1 is 1.14 bits per heavy atom. The number of pyridine rings is 1. The molecule has 0 radical (unpaired) electrons. The second-order valence-electron chi connectivity index (χ2n) is 8.34. The topological polar surface area (TPSA) is 52.6 Å². The van der Waals surface area contributed by atoms with E-state index >= 15 is 0 Å². The third-order valence-corrected chi connectivity index (χ3v) is 7.64. The van der Waals surface area contributed by atoms with Crippen LogP contribution in [-0.4, -0.2) is 37.0 Å². The van der Waals surface area contributed by atoms with Gasteiger partial charge in [-0.15, -0.1) is 11.3 Å². The molecule has 2 aromatic rings. The fourth-order valence-electron chi connectivity index (χ4n) is 5.00. The SMILES string of the molecule is c1ccc([C@]2(CCNCc3scc4c3COC4)CCOC3(CCOC3)C2)nc1. The van der Waals surface area contributed by atoms with E-state index < -0.39 is 0 Å². The summed E-state index contributed by atoms with van der Waals surface area (Å²) >= 11 is 1.86. The molecule has 2 saturated heterocycles. The zero-order valence-electron chi connectivity index (χ0n) is 16.2. The van der Waals surface area contributed by atoms with Gasteiger partial charge in [-0.3, -0.25) is 4.98 Å². The van der Waals surface area contributed by atoms with Crippen LogP contribution in [0.5, 0.6) is 0 Å². The summed E-state index contributed by atoms with van der Waals surface area (Å²) in [5.74, 6) is 0. The van der Waals surface area contributed by atoms with Crippen LogP contribution in [0.1, 0.15) is 47.4 Å². The van der Waals surface area contributed by atoms with E-state index in [1.807, 2.05) is 23.6 Å². The van der Waals surface area contributed by atoms with Gasteiger partial charge in [-0.05, 0) is 54.4 Å². The maximum Gasteiger partial charge on any atom is 0.0945 e. The van der Waals surface area contributed by atoms with Gasteiger partial charge in [0.25, 0.3) is 0 Å². The van der Waals surface area contributed by atoms with E-state index in [0.29, 0.717) is 0 Å². The Morgan fingerprint density at radius 2 is 2.14 bits per heavy atom. The fraction of sp³-hybridized carbons (Fsp3) is 0.591. The van der Waals surface area contributed by atoms with Gasteiger partial charge in [-0.25, -0.2) is 0 Å². The molecule has 0 saturated carbocycles. The van der Waals surface area contributed by atoms with Gasteiger partial charge in [0.15, 0.2) is 0 Å². The van der Waals surface area contributed by atoms with Gasteiger partial charge in [0.1, 0.15) is 0 Å². The third kappa shape index (κ3) is 3.53. The molecule has 0 amide bonds. The highest BCUT2D eigenvalue weighted by Gasteiger charge is 2.49. The molecule has 0 bridgehead atoms. The first kappa shape index (κ1) is 18.7. The van der Waals surface area contributed by atoms with Crippen molar-refractivity contribution in [3.05, 3.63) is 51.5 Å². The Balaban J connectivity index is 1.28. The third-order valence-electron chi connectivity index (χ3n) is 6.56. The molecule has 3 aliphatic heterocycles. The number of nitrogens with zero attached hydrogens (tertiary/aromatic N) is 1. The Bertz CT molecular complexity index is 803. The van der Waals surface area contributed by atoms with Gasteiger partial charge in [0, 0.05) is 48.4 Å². The van der Waals surface area contributed by atoms with Crippen LogP contribution in [0.3, 0.4) is 0 Å². The van der Waals surface area contributed by atoms with Gasteiger partial charge in [-0.2, -0.15) is 0 Å². The molecule has 0 aliphatic carbocycles. The highest BCUT2D eigenvalue weighted by Crippen LogP contribution is 2.46. The first-order valence-corrected chi connectivity index (χ1v) is 11.2. The molecule has 2 aromatic heterocycles. The number of thiophene rings is 1. The number of rotatable bonds is 6. The molecule has 3 aliphatic rings. The summed E-state index contributed by atoms with van der Waals surface area (Å²) in [4.78, 5) is 6.19. The molecular formula is C22H28N2O3S. The zero-order chi connectivity index (χ0) is 18.9. The van der Waals surface area contributed by atoms with Crippen LogP contribution in [0.25, 0.3) is 0 Å². The summed E-state index contributed by atoms with van der Waals surface area (Å²) in [6, 6.07) is 6.31. The second-order valence-corrected chi connectivity index (χ2v) is 9.30. The van der Waals surface area contributed by atoms with Crippen molar-refractivity contribution in [2.75, 3.05) is 26.4 Å². The van der Waals surface area contributed by atoms with Crippen molar-refractivity contribution < 1.29 is 14.2 Å². The monoisotopic (exact) mass is 400 g/mol. The van der Waals surface area contributed by atoms with Crippen LogP contribution in [-0.2, 0) is 39.4 Å². The van der Waals surface area contributed by atoms with E-state index in [-0.39, 0.29) is 11.0 Å². The lowest BCUT2D eigenvalue weighted by Crippen LogP contribution is -2.49. The highest BCUT2D eigenvalue weighted by molar-refractivity contribution is 7.10. The average molecular weight is 401 g/mol. The predicted molar refractivity (Wildman–Crippen MR) is 108 cm³/mol. The summed E-state index contributed by atoms with van der Waals surface area (Å²) in [6.07, 6.45) is 6.01. The van der Waals surface area contributed by atoms with Gasteiger partial charge in [0.05, 0.1) is 25.4 Å². The Morgan fingerprint density at radius 3 is 3.00 bits per heavy atom. The van der Waals surface area contributed by atoms with Crippen LogP contribution >= 0.6 is 11.3 Å². The molecule has 2 atom stereocenters. The van der Waals surface area contributed by atoms with Crippen LogP contribution in [0.2, 0.25) is 0 Å². The smallest absolute Gasteiger partial charge is 0.0945 e. The van der Waals surface area contributed by atoms with E-state index in [9.17, 15) is 0 Å². The predicted octanol–water partition coefficient (Wildman–Crippen LogP) is 3.56. The minimum absolute atomic E-state index is 0.0563. The van der Waals surface area contributed by atoms with Crippen molar-refractivity contribution in [2.24, 2.45) is 0 Å². The molecule has 1 spiro atoms. The van der Waals surface area contributed by atoms with Gasteiger partial charge in [0.2, 0.25) is 0 Å².